The molecule has 0 unspecified atom stereocenters. The maximum Gasteiger partial charge on any atom is 0.0421 e. The van der Waals surface area contributed by atoms with Crippen LogP contribution in [0.5, 0.6) is 0 Å². The zero-order valence-corrected chi connectivity index (χ0v) is 9.79. The van der Waals surface area contributed by atoms with Crippen LogP contribution in [0.15, 0.2) is 12.3 Å². The second-order valence-electron chi connectivity index (χ2n) is 5.06. The molecule has 2 fully saturated rings. The van der Waals surface area contributed by atoms with Crippen LogP contribution in [0.1, 0.15) is 36.9 Å². The van der Waals surface area contributed by atoms with Gasteiger partial charge in [-0.2, -0.15) is 0 Å². The van der Waals surface area contributed by atoms with E-state index in [0.29, 0.717) is 6.04 Å². The summed E-state index contributed by atoms with van der Waals surface area (Å²) in [4.78, 5) is 4.39. The molecule has 2 N–H and O–H groups in total. The highest BCUT2D eigenvalue weighted by Gasteiger charge is 2.23. The summed E-state index contributed by atoms with van der Waals surface area (Å²) in [5.41, 5.74) is 3.69. The highest BCUT2D eigenvalue weighted by Crippen LogP contribution is 2.27. The Morgan fingerprint density at radius 3 is 2.69 bits per heavy atom. The van der Waals surface area contributed by atoms with Gasteiger partial charge in [0.05, 0.1) is 0 Å². The molecule has 16 heavy (non-hydrogen) atoms. The first-order valence-electron chi connectivity index (χ1n) is 6.27. The summed E-state index contributed by atoms with van der Waals surface area (Å²) < 4.78 is 0. The Labute approximate surface area is 96.7 Å². The number of hydrogen-bond acceptors (Lipinski definition) is 3. The standard InChI is InChI=1S/C13H19N3/c1-9-6-13(16-12-4-5-12)10(7-14-9)8-15-11-2-3-11/h6-7,11-12,15H,2-5,8H2,1H3,(H,14,16). The molecule has 0 aromatic carbocycles. The largest absolute Gasteiger partial charge is 0.382 e. The first-order chi connectivity index (χ1) is 7.81. The van der Waals surface area contributed by atoms with Crippen molar-refractivity contribution < 1.29 is 0 Å². The van der Waals surface area contributed by atoms with Gasteiger partial charge in [0.2, 0.25) is 0 Å². The van der Waals surface area contributed by atoms with Gasteiger partial charge in [0.15, 0.2) is 0 Å². The Bertz CT molecular complexity index is 381. The summed E-state index contributed by atoms with van der Waals surface area (Å²) in [7, 11) is 0. The zero-order valence-electron chi connectivity index (χ0n) is 9.79. The van der Waals surface area contributed by atoms with E-state index < -0.39 is 0 Å². The van der Waals surface area contributed by atoms with E-state index in [-0.39, 0.29) is 0 Å². The van der Waals surface area contributed by atoms with E-state index in [9.17, 15) is 0 Å². The lowest BCUT2D eigenvalue weighted by Gasteiger charge is -2.12. The van der Waals surface area contributed by atoms with Gasteiger partial charge in [-0.05, 0) is 38.7 Å². The van der Waals surface area contributed by atoms with Gasteiger partial charge in [-0.15, -0.1) is 0 Å². The summed E-state index contributed by atoms with van der Waals surface area (Å²) in [6.07, 6.45) is 7.32. The van der Waals surface area contributed by atoms with Crippen LogP contribution < -0.4 is 10.6 Å². The van der Waals surface area contributed by atoms with Gasteiger partial charge >= 0.3 is 0 Å². The first-order valence-corrected chi connectivity index (χ1v) is 6.27. The van der Waals surface area contributed by atoms with Crippen LogP contribution in [-0.4, -0.2) is 17.1 Å². The van der Waals surface area contributed by atoms with Crippen molar-refractivity contribution in [3.63, 3.8) is 0 Å². The van der Waals surface area contributed by atoms with Gasteiger partial charge in [0.1, 0.15) is 0 Å². The molecule has 0 saturated heterocycles. The van der Waals surface area contributed by atoms with Crippen molar-refractivity contribution in [1.29, 1.82) is 0 Å². The van der Waals surface area contributed by atoms with Crippen molar-refractivity contribution in [2.24, 2.45) is 0 Å². The zero-order chi connectivity index (χ0) is 11.0. The molecular weight excluding hydrogens is 198 g/mol. The molecule has 0 aliphatic heterocycles. The van der Waals surface area contributed by atoms with Gasteiger partial charge in [-0.3, -0.25) is 4.98 Å². The number of aryl methyl sites for hydroxylation is 1. The number of nitrogens with one attached hydrogen (secondary N) is 2. The molecule has 3 rings (SSSR count). The van der Waals surface area contributed by atoms with Gasteiger partial charge in [-0.1, -0.05) is 0 Å². The number of nitrogens with zero attached hydrogens (tertiary/aromatic N) is 1. The number of pyridine rings is 1. The molecule has 2 saturated carbocycles. The third-order valence-corrected chi connectivity index (χ3v) is 3.22. The molecule has 0 spiro atoms. The summed E-state index contributed by atoms with van der Waals surface area (Å²) >= 11 is 0. The second-order valence-corrected chi connectivity index (χ2v) is 5.06. The van der Waals surface area contributed by atoms with Crippen molar-refractivity contribution in [3.8, 4) is 0 Å². The fraction of sp³-hybridized carbons (Fsp3) is 0.615. The van der Waals surface area contributed by atoms with Crippen LogP contribution in [0.25, 0.3) is 0 Å². The Kier molecular flexibility index (Phi) is 2.56. The normalized spacial score (nSPS) is 19.8. The highest BCUT2D eigenvalue weighted by atomic mass is 15.0. The van der Waals surface area contributed by atoms with E-state index in [1.165, 1.54) is 36.9 Å². The van der Waals surface area contributed by atoms with Crippen molar-refractivity contribution in [3.05, 3.63) is 23.5 Å². The molecule has 3 heteroatoms. The van der Waals surface area contributed by atoms with E-state index in [1.54, 1.807) is 0 Å². The van der Waals surface area contributed by atoms with Gasteiger partial charge in [0.25, 0.3) is 0 Å². The summed E-state index contributed by atoms with van der Waals surface area (Å²) in [5, 5.41) is 7.14. The van der Waals surface area contributed by atoms with Crippen molar-refractivity contribution in [1.82, 2.24) is 10.3 Å². The number of rotatable bonds is 5. The van der Waals surface area contributed by atoms with Gasteiger partial charge < -0.3 is 10.6 Å². The molecule has 0 amide bonds. The Balaban J connectivity index is 1.71. The molecule has 2 aliphatic carbocycles. The van der Waals surface area contributed by atoms with Crippen molar-refractivity contribution >= 4 is 5.69 Å². The second kappa shape index (κ2) is 4.06. The number of aromatic nitrogens is 1. The van der Waals surface area contributed by atoms with Crippen LogP contribution in [0.3, 0.4) is 0 Å². The van der Waals surface area contributed by atoms with Crippen LogP contribution in [0, 0.1) is 6.92 Å². The van der Waals surface area contributed by atoms with E-state index in [1.807, 2.05) is 6.20 Å². The van der Waals surface area contributed by atoms with E-state index in [0.717, 1.165) is 18.3 Å². The van der Waals surface area contributed by atoms with Crippen LogP contribution >= 0.6 is 0 Å². The Morgan fingerprint density at radius 2 is 2.00 bits per heavy atom. The molecule has 1 aromatic rings. The highest BCUT2D eigenvalue weighted by molar-refractivity contribution is 5.52. The van der Waals surface area contributed by atoms with Crippen molar-refractivity contribution in [2.45, 2.75) is 51.2 Å². The fourth-order valence-corrected chi connectivity index (χ4v) is 1.85. The van der Waals surface area contributed by atoms with Crippen LogP contribution in [0.4, 0.5) is 5.69 Å². The predicted octanol–water partition coefficient (Wildman–Crippen LogP) is 2.22. The summed E-state index contributed by atoms with van der Waals surface area (Å²) in [6.45, 7) is 3.00. The SMILES string of the molecule is Cc1cc(NC2CC2)c(CNC2CC2)cn1. The minimum Gasteiger partial charge on any atom is -0.382 e. The fourth-order valence-electron chi connectivity index (χ4n) is 1.85. The quantitative estimate of drug-likeness (QED) is 0.794. The van der Waals surface area contributed by atoms with E-state index in [4.69, 9.17) is 0 Å². The smallest absolute Gasteiger partial charge is 0.0421 e. The molecule has 0 bridgehead atoms. The molecule has 1 aromatic heterocycles. The van der Waals surface area contributed by atoms with Crippen molar-refractivity contribution in [2.75, 3.05) is 5.32 Å². The number of anilines is 1. The minimum absolute atomic E-state index is 0.710. The van der Waals surface area contributed by atoms with E-state index in [2.05, 4.69) is 28.6 Å². The monoisotopic (exact) mass is 217 g/mol. The lowest BCUT2D eigenvalue weighted by Crippen LogP contribution is -2.17. The molecule has 0 atom stereocenters. The lowest BCUT2D eigenvalue weighted by atomic mass is 10.2. The molecule has 86 valence electrons. The third-order valence-electron chi connectivity index (χ3n) is 3.22. The predicted molar refractivity (Wildman–Crippen MR) is 65.5 cm³/mol. The average molecular weight is 217 g/mol. The lowest BCUT2D eigenvalue weighted by molar-refractivity contribution is 0.686. The third kappa shape index (κ3) is 2.53. The van der Waals surface area contributed by atoms with E-state index >= 15 is 0 Å². The first kappa shape index (κ1) is 10.1. The van der Waals surface area contributed by atoms with Gasteiger partial charge in [0, 0.05) is 41.8 Å². The van der Waals surface area contributed by atoms with Crippen LogP contribution in [-0.2, 0) is 6.54 Å². The molecule has 3 nitrogen and oxygen atoms in total. The van der Waals surface area contributed by atoms with Gasteiger partial charge in [-0.25, -0.2) is 0 Å². The Morgan fingerprint density at radius 1 is 1.25 bits per heavy atom. The summed E-state index contributed by atoms with van der Waals surface area (Å²) in [6, 6.07) is 3.64. The molecule has 1 heterocycles. The summed E-state index contributed by atoms with van der Waals surface area (Å²) in [5.74, 6) is 0. The van der Waals surface area contributed by atoms with Crippen LogP contribution in [0.2, 0.25) is 0 Å². The average Bonchev–Trinajstić information content (AvgIpc) is 3.12. The molecule has 2 aliphatic rings. The maximum atomic E-state index is 4.39. The Hall–Kier alpha value is -1.09. The maximum absolute atomic E-state index is 4.39. The topological polar surface area (TPSA) is 37.0 Å². The minimum atomic E-state index is 0.710. The molecule has 0 radical (unpaired) electrons. The number of hydrogen-bond donors (Lipinski definition) is 2. The molecular formula is C13H19N3.